The summed E-state index contributed by atoms with van der Waals surface area (Å²) in [7, 11) is -3.98. The summed E-state index contributed by atoms with van der Waals surface area (Å²) in [5, 5.41) is -0.325. The molecule has 17 heavy (non-hydrogen) atoms. The number of anilines is 1. The number of hydrogen-bond donors (Lipinski definition) is 3. The predicted octanol–water partition coefficient (Wildman–Crippen LogP) is -0.794. The molecule has 0 unspecified atom stereocenters. The second kappa shape index (κ2) is 4.30. The molecule has 0 spiro atoms. The van der Waals surface area contributed by atoms with E-state index >= 15 is 0 Å². The maximum absolute atomic E-state index is 11.9. The number of pyridine rings is 1. The van der Waals surface area contributed by atoms with Gasteiger partial charge in [-0.05, 0) is 26.0 Å². The molecule has 0 saturated carbocycles. The Kier molecular flexibility index (Phi) is 3.39. The number of primary amides is 1. The summed E-state index contributed by atoms with van der Waals surface area (Å²) in [4.78, 5) is 14.7. The maximum Gasteiger partial charge on any atom is 0.261 e. The number of aromatic nitrogens is 1. The van der Waals surface area contributed by atoms with E-state index in [1.165, 1.54) is 32.2 Å². The van der Waals surface area contributed by atoms with Gasteiger partial charge in [0.2, 0.25) is 5.91 Å². The quantitative estimate of drug-likeness (QED) is 0.651. The van der Waals surface area contributed by atoms with Crippen molar-refractivity contribution in [3.63, 3.8) is 0 Å². The molecule has 0 aliphatic carbocycles. The fourth-order valence-corrected chi connectivity index (χ4v) is 2.51. The molecule has 0 bridgehead atoms. The van der Waals surface area contributed by atoms with Crippen molar-refractivity contribution in [3.8, 4) is 0 Å². The van der Waals surface area contributed by atoms with Crippen LogP contribution in [0.1, 0.15) is 13.8 Å². The minimum atomic E-state index is -3.98. The van der Waals surface area contributed by atoms with Crippen LogP contribution in [-0.4, -0.2) is 24.8 Å². The van der Waals surface area contributed by atoms with Crippen molar-refractivity contribution >= 4 is 21.6 Å². The van der Waals surface area contributed by atoms with Crippen LogP contribution in [0.3, 0.4) is 0 Å². The smallest absolute Gasteiger partial charge is 0.261 e. The molecule has 0 radical (unpaired) electrons. The third kappa shape index (κ3) is 2.92. The summed E-state index contributed by atoms with van der Waals surface area (Å²) >= 11 is 0. The Bertz CT molecular complexity index is 539. The van der Waals surface area contributed by atoms with E-state index in [0.29, 0.717) is 0 Å². The number of rotatable bonds is 4. The first-order chi connectivity index (χ1) is 7.67. The van der Waals surface area contributed by atoms with Crippen LogP contribution < -0.4 is 16.2 Å². The van der Waals surface area contributed by atoms with Crippen LogP contribution in [0.25, 0.3) is 0 Å². The molecule has 7 nitrogen and oxygen atoms in total. The molecular weight excluding hydrogens is 244 g/mol. The molecule has 0 aromatic carbocycles. The molecule has 1 aromatic rings. The molecule has 0 fully saturated rings. The number of nitrogen functional groups attached to an aromatic ring is 1. The molecule has 5 N–H and O–H groups in total. The number of carbonyl (C=O) groups is 1. The minimum absolute atomic E-state index is 0.000250. The van der Waals surface area contributed by atoms with Gasteiger partial charge < -0.3 is 11.5 Å². The van der Waals surface area contributed by atoms with E-state index in [-0.39, 0.29) is 10.7 Å². The predicted molar refractivity (Wildman–Crippen MR) is 62.2 cm³/mol. The summed E-state index contributed by atoms with van der Waals surface area (Å²) in [5.41, 5.74) is 9.17. The largest absolute Gasteiger partial charge is 0.396 e. The molecule has 1 amide bonds. The van der Waals surface area contributed by atoms with E-state index in [1.807, 2.05) is 0 Å². The zero-order chi connectivity index (χ0) is 13.3. The van der Waals surface area contributed by atoms with E-state index < -0.39 is 21.5 Å². The number of nitrogens with two attached hydrogens (primary N) is 2. The number of sulfonamides is 1. The number of carbonyl (C=O) groups excluding carboxylic acids is 1. The van der Waals surface area contributed by atoms with Crippen molar-refractivity contribution in [1.82, 2.24) is 9.71 Å². The summed E-state index contributed by atoms with van der Waals surface area (Å²) in [6.45, 7) is 2.71. The van der Waals surface area contributed by atoms with Gasteiger partial charge in [0, 0.05) is 6.20 Å². The van der Waals surface area contributed by atoms with Crippen molar-refractivity contribution in [1.29, 1.82) is 0 Å². The highest BCUT2D eigenvalue weighted by atomic mass is 32.2. The van der Waals surface area contributed by atoms with Gasteiger partial charge in [0.25, 0.3) is 10.0 Å². The lowest BCUT2D eigenvalue weighted by Crippen LogP contribution is -2.53. The van der Waals surface area contributed by atoms with Crippen LogP contribution in [0, 0.1) is 0 Å². The van der Waals surface area contributed by atoms with Crippen LogP contribution >= 0.6 is 0 Å². The highest BCUT2D eigenvalue weighted by Crippen LogP contribution is 2.16. The van der Waals surface area contributed by atoms with Gasteiger partial charge in [-0.15, -0.1) is 0 Å². The first kappa shape index (κ1) is 13.4. The Morgan fingerprint density at radius 1 is 1.47 bits per heavy atom. The third-order valence-corrected chi connectivity index (χ3v) is 3.69. The van der Waals surface area contributed by atoms with Crippen molar-refractivity contribution in [2.24, 2.45) is 5.73 Å². The fraction of sp³-hybridized carbons (Fsp3) is 0.333. The van der Waals surface area contributed by atoms with Crippen LogP contribution in [0.4, 0.5) is 5.69 Å². The molecule has 1 aromatic heterocycles. The van der Waals surface area contributed by atoms with Crippen LogP contribution in [-0.2, 0) is 14.8 Å². The SMILES string of the molecule is CC(C)(NS(=O)(=O)c1ncccc1N)C(N)=O. The molecule has 1 rings (SSSR count). The molecular formula is C9H14N4O3S. The van der Waals surface area contributed by atoms with Gasteiger partial charge in [-0.25, -0.2) is 13.4 Å². The maximum atomic E-state index is 11.9. The Hall–Kier alpha value is -1.67. The van der Waals surface area contributed by atoms with Crippen LogP contribution in [0.15, 0.2) is 23.4 Å². The molecule has 8 heteroatoms. The standard InChI is InChI=1S/C9H14N4O3S/c1-9(2,8(11)14)13-17(15,16)7-6(10)4-3-5-12-7/h3-5,13H,10H2,1-2H3,(H2,11,14). The van der Waals surface area contributed by atoms with E-state index in [1.54, 1.807) is 0 Å². The summed E-state index contributed by atoms with van der Waals surface area (Å²) in [6, 6.07) is 2.91. The Morgan fingerprint density at radius 2 is 2.06 bits per heavy atom. The average Bonchev–Trinajstić information content (AvgIpc) is 2.16. The summed E-state index contributed by atoms with van der Waals surface area (Å²) < 4.78 is 26.0. The van der Waals surface area contributed by atoms with Gasteiger partial charge in [0.1, 0.15) is 5.54 Å². The van der Waals surface area contributed by atoms with Gasteiger partial charge in [-0.3, -0.25) is 4.79 Å². The molecule has 0 atom stereocenters. The van der Waals surface area contributed by atoms with Gasteiger partial charge >= 0.3 is 0 Å². The third-order valence-electron chi connectivity index (χ3n) is 2.06. The average molecular weight is 258 g/mol. The van der Waals surface area contributed by atoms with Gasteiger partial charge in [0.15, 0.2) is 5.03 Å². The number of hydrogen-bond acceptors (Lipinski definition) is 5. The Labute approximate surface area is 99.3 Å². The molecule has 0 aliphatic rings. The second-order valence-electron chi connectivity index (χ2n) is 3.99. The van der Waals surface area contributed by atoms with Gasteiger partial charge in [0.05, 0.1) is 5.69 Å². The highest BCUT2D eigenvalue weighted by molar-refractivity contribution is 7.89. The lowest BCUT2D eigenvalue weighted by Gasteiger charge is -2.21. The zero-order valence-electron chi connectivity index (χ0n) is 9.47. The van der Waals surface area contributed by atoms with Crippen molar-refractivity contribution in [2.75, 3.05) is 5.73 Å². The van der Waals surface area contributed by atoms with Crippen LogP contribution in [0.5, 0.6) is 0 Å². The summed E-state index contributed by atoms with van der Waals surface area (Å²) in [6.07, 6.45) is 1.29. The van der Waals surface area contributed by atoms with E-state index in [2.05, 4.69) is 9.71 Å². The normalized spacial score (nSPS) is 12.4. The van der Waals surface area contributed by atoms with Crippen molar-refractivity contribution in [2.45, 2.75) is 24.4 Å². The number of nitrogens with one attached hydrogen (secondary N) is 1. The van der Waals surface area contributed by atoms with Crippen molar-refractivity contribution in [3.05, 3.63) is 18.3 Å². The monoisotopic (exact) mass is 258 g/mol. The number of nitrogens with zero attached hydrogens (tertiary/aromatic N) is 1. The zero-order valence-corrected chi connectivity index (χ0v) is 10.3. The topological polar surface area (TPSA) is 128 Å². The first-order valence-electron chi connectivity index (χ1n) is 4.71. The van der Waals surface area contributed by atoms with Gasteiger partial charge in [-0.1, -0.05) is 0 Å². The minimum Gasteiger partial charge on any atom is -0.396 e. The van der Waals surface area contributed by atoms with E-state index in [0.717, 1.165) is 0 Å². The number of amides is 1. The van der Waals surface area contributed by atoms with E-state index in [4.69, 9.17) is 11.5 Å². The molecule has 0 saturated heterocycles. The lowest BCUT2D eigenvalue weighted by atomic mass is 10.1. The van der Waals surface area contributed by atoms with Crippen LogP contribution in [0.2, 0.25) is 0 Å². The Balaban J connectivity index is 3.15. The lowest BCUT2D eigenvalue weighted by molar-refractivity contribution is -0.122. The van der Waals surface area contributed by atoms with E-state index in [9.17, 15) is 13.2 Å². The highest BCUT2D eigenvalue weighted by Gasteiger charge is 2.32. The molecule has 1 heterocycles. The Morgan fingerprint density at radius 3 is 2.53 bits per heavy atom. The molecule has 0 aliphatic heterocycles. The molecule has 94 valence electrons. The van der Waals surface area contributed by atoms with Crippen molar-refractivity contribution < 1.29 is 13.2 Å². The summed E-state index contributed by atoms with van der Waals surface area (Å²) in [5.74, 6) is -0.796. The fourth-order valence-electron chi connectivity index (χ4n) is 1.06. The van der Waals surface area contributed by atoms with Gasteiger partial charge in [-0.2, -0.15) is 4.72 Å². The first-order valence-corrected chi connectivity index (χ1v) is 6.19. The second-order valence-corrected chi connectivity index (χ2v) is 5.59.